The van der Waals surface area contributed by atoms with Gasteiger partial charge in [0, 0.05) is 23.9 Å². The van der Waals surface area contributed by atoms with Crippen molar-refractivity contribution in [1.29, 1.82) is 0 Å². The molecule has 9 heteroatoms. The van der Waals surface area contributed by atoms with Crippen LogP contribution in [-0.4, -0.2) is 26.7 Å². The molecule has 0 fully saturated rings. The van der Waals surface area contributed by atoms with Crippen LogP contribution in [0, 0.1) is 0 Å². The fourth-order valence-electron chi connectivity index (χ4n) is 2.08. The summed E-state index contributed by atoms with van der Waals surface area (Å²) >= 11 is 1.10. The zero-order chi connectivity index (χ0) is 18.9. The second-order valence-electron chi connectivity index (χ2n) is 4.95. The first-order valence-electron chi connectivity index (χ1n) is 7.59. The van der Waals surface area contributed by atoms with E-state index in [-0.39, 0.29) is 11.1 Å². The molecular formula is C17H18N6O2S. The minimum Gasteiger partial charge on any atom is -0.383 e. The molecule has 0 radical (unpaired) electrons. The number of nitrogen functional groups attached to an aromatic ring is 1. The Morgan fingerprint density at radius 2 is 2.08 bits per heavy atom. The van der Waals surface area contributed by atoms with Gasteiger partial charge in [-0.25, -0.2) is 0 Å². The van der Waals surface area contributed by atoms with Gasteiger partial charge in [-0.3, -0.25) is 9.59 Å². The van der Waals surface area contributed by atoms with E-state index in [1.807, 2.05) is 24.3 Å². The van der Waals surface area contributed by atoms with Crippen molar-refractivity contribution in [3.8, 4) is 11.1 Å². The summed E-state index contributed by atoms with van der Waals surface area (Å²) in [5.74, 6) is 0.579. The largest absolute Gasteiger partial charge is 0.383 e. The molecule has 1 aliphatic rings. The Bertz CT molecular complexity index is 858. The molecule has 0 spiro atoms. The number of hydrogen-bond donors (Lipinski definition) is 2. The number of amides is 1. The minimum atomic E-state index is -0.269. The highest BCUT2D eigenvalue weighted by molar-refractivity contribution is 8.13. The van der Waals surface area contributed by atoms with Crippen LogP contribution < -0.4 is 11.5 Å². The van der Waals surface area contributed by atoms with Gasteiger partial charge in [-0.15, -0.1) is 11.7 Å². The number of azo groups is 1. The molecule has 0 saturated carbocycles. The van der Waals surface area contributed by atoms with Crippen molar-refractivity contribution in [2.75, 3.05) is 11.5 Å². The SMILES string of the molecule is C=CCSC(=O)n1ncc(-c2ccccc2CN)c1N.O=C1C=CN=N1. The molecule has 26 heavy (non-hydrogen) atoms. The van der Waals surface area contributed by atoms with E-state index in [0.717, 1.165) is 28.5 Å². The van der Waals surface area contributed by atoms with Gasteiger partial charge in [0.2, 0.25) is 0 Å². The third kappa shape index (κ3) is 4.74. The maximum absolute atomic E-state index is 11.9. The number of thioether (sulfide) groups is 1. The molecule has 0 bridgehead atoms. The molecule has 1 aromatic carbocycles. The van der Waals surface area contributed by atoms with Crippen LogP contribution in [-0.2, 0) is 11.3 Å². The van der Waals surface area contributed by atoms with Crippen LogP contribution in [0.3, 0.4) is 0 Å². The number of carbonyl (C=O) groups excluding carboxylic acids is 2. The lowest BCUT2D eigenvalue weighted by Gasteiger charge is -2.07. The summed E-state index contributed by atoms with van der Waals surface area (Å²) in [6, 6.07) is 7.67. The minimum absolute atomic E-state index is 0.223. The Morgan fingerprint density at radius 1 is 1.31 bits per heavy atom. The fourth-order valence-corrected chi connectivity index (χ4v) is 2.61. The maximum Gasteiger partial charge on any atom is 0.308 e. The number of hydrogen-bond acceptors (Lipinski definition) is 7. The van der Waals surface area contributed by atoms with E-state index in [1.54, 1.807) is 12.3 Å². The molecule has 8 nitrogen and oxygen atoms in total. The third-order valence-corrected chi connectivity index (χ3v) is 4.09. The molecule has 134 valence electrons. The standard InChI is InChI=1S/C14H16N4OS.C3H2N2O/c1-2-7-20-14(19)18-13(16)12(9-17-18)11-6-4-3-5-10(11)8-15;6-3-1-2-4-5-3/h2-6,9H,1,7-8,15-16H2;1-2H. The number of nitrogens with two attached hydrogens (primary N) is 2. The lowest BCUT2D eigenvalue weighted by molar-refractivity contribution is -0.113. The number of carbonyl (C=O) groups is 2. The van der Waals surface area contributed by atoms with Crippen molar-refractivity contribution in [2.45, 2.75) is 6.54 Å². The molecule has 1 amide bonds. The second-order valence-corrected chi connectivity index (χ2v) is 5.92. The second kappa shape index (κ2) is 9.44. The van der Waals surface area contributed by atoms with Crippen molar-refractivity contribution in [1.82, 2.24) is 9.78 Å². The van der Waals surface area contributed by atoms with Crippen LogP contribution in [0.25, 0.3) is 11.1 Å². The fraction of sp³-hybridized carbons (Fsp3) is 0.118. The zero-order valence-corrected chi connectivity index (χ0v) is 14.7. The van der Waals surface area contributed by atoms with E-state index in [4.69, 9.17) is 11.5 Å². The summed E-state index contributed by atoms with van der Waals surface area (Å²) in [6.45, 7) is 3.98. The summed E-state index contributed by atoms with van der Waals surface area (Å²) in [6.07, 6.45) is 5.92. The maximum atomic E-state index is 11.9. The molecular weight excluding hydrogens is 352 g/mol. The predicted octanol–water partition coefficient (Wildman–Crippen LogP) is 2.97. The molecule has 3 rings (SSSR count). The van der Waals surface area contributed by atoms with Crippen LogP contribution in [0.1, 0.15) is 5.56 Å². The highest BCUT2D eigenvalue weighted by atomic mass is 32.2. The first kappa shape index (κ1) is 19.3. The summed E-state index contributed by atoms with van der Waals surface area (Å²) in [5.41, 5.74) is 14.3. The van der Waals surface area contributed by atoms with Gasteiger partial charge < -0.3 is 11.5 Å². The average molecular weight is 370 g/mol. The quantitative estimate of drug-likeness (QED) is 0.796. The number of anilines is 1. The van der Waals surface area contributed by atoms with Crippen LogP contribution in [0.15, 0.2) is 65.6 Å². The molecule has 1 aromatic heterocycles. The lowest BCUT2D eigenvalue weighted by Crippen LogP contribution is -2.11. The molecule has 2 aromatic rings. The van der Waals surface area contributed by atoms with Crippen molar-refractivity contribution >= 4 is 28.7 Å². The van der Waals surface area contributed by atoms with Crippen molar-refractivity contribution in [3.05, 3.63) is 61.0 Å². The Kier molecular flexibility index (Phi) is 7.01. The van der Waals surface area contributed by atoms with Crippen LogP contribution in [0.4, 0.5) is 10.6 Å². The molecule has 0 unspecified atom stereocenters. The van der Waals surface area contributed by atoms with E-state index < -0.39 is 0 Å². The Morgan fingerprint density at radius 3 is 2.65 bits per heavy atom. The summed E-state index contributed by atoms with van der Waals surface area (Å²) in [7, 11) is 0. The zero-order valence-electron chi connectivity index (χ0n) is 13.9. The van der Waals surface area contributed by atoms with Crippen LogP contribution >= 0.6 is 11.8 Å². The van der Waals surface area contributed by atoms with Crippen LogP contribution in [0.5, 0.6) is 0 Å². The normalized spacial score (nSPS) is 12.0. The van der Waals surface area contributed by atoms with Crippen molar-refractivity contribution in [3.63, 3.8) is 0 Å². The summed E-state index contributed by atoms with van der Waals surface area (Å²) < 4.78 is 1.21. The van der Waals surface area contributed by atoms with E-state index in [9.17, 15) is 9.59 Å². The third-order valence-electron chi connectivity index (χ3n) is 3.27. The van der Waals surface area contributed by atoms with Gasteiger partial charge in [-0.05, 0) is 11.1 Å². The average Bonchev–Trinajstić information content (AvgIpc) is 3.29. The summed E-state index contributed by atoms with van der Waals surface area (Å²) in [5, 5.41) is 10.2. The topological polar surface area (TPSA) is 129 Å². The number of nitrogens with zero attached hydrogens (tertiary/aromatic N) is 4. The van der Waals surface area contributed by atoms with E-state index >= 15 is 0 Å². The van der Waals surface area contributed by atoms with Gasteiger partial charge >= 0.3 is 5.24 Å². The number of aromatic nitrogens is 2. The Hall–Kier alpha value is -3.04. The molecule has 0 atom stereocenters. The highest BCUT2D eigenvalue weighted by Crippen LogP contribution is 2.29. The van der Waals surface area contributed by atoms with Crippen LogP contribution in [0.2, 0.25) is 0 Å². The first-order chi connectivity index (χ1) is 12.6. The van der Waals surface area contributed by atoms with Gasteiger partial charge in [0.15, 0.2) is 0 Å². The summed E-state index contributed by atoms with van der Waals surface area (Å²) in [4.78, 5) is 21.8. The highest BCUT2D eigenvalue weighted by Gasteiger charge is 2.16. The predicted molar refractivity (Wildman–Crippen MR) is 102 cm³/mol. The van der Waals surface area contributed by atoms with E-state index in [1.165, 1.54) is 17.0 Å². The molecule has 0 saturated heterocycles. The van der Waals surface area contributed by atoms with Gasteiger partial charge in [0.25, 0.3) is 5.91 Å². The van der Waals surface area contributed by atoms with Gasteiger partial charge in [0.1, 0.15) is 5.82 Å². The van der Waals surface area contributed by atoms with Gasteiger partial charge in [-0.1, -0.05) is 42.1 Å². The van der Waals surface area contributed by atoms with Crippen molar-refractivity contribution < 1.29 is 9.59 Å². The van der Waals surface area contributed by atoms with E-state index in [2.05, 4.69) is 21.9 Å². The van der Waals surface area contributed by atoms with Crippen molar-refractivity contribution in [2.24, 2.45) is 16.0 Å². The molecule has 0 aliphatic carbocycles. The number of benzene rings is 1. The number of rotatable bonds is 4. The Balaban J connectivity index is 0.000000342. The Labute approximate surface area is 154 Å². The smallest absolute Gasteiger partial charge is 0.308 e. The molecule has 4 N–H and O–H groups in total. The van der Waals surface area contributed by atoms with Gasteiger partial charge in [0.05, 0.1) is 12.4 Å². The molecule has 2 heterocycles. The first-order valence-corrected chi connectivity index (χ1v) is 8.58. The lowest BCUT2D eigenvalue weighted by atomic mass is 10.0. The monoisotopic (exact) mass is 370 g/mol. The van der Waals surface area contributed by atoms with E-state index in [0.29, 0.717) is 18.1 Å². The molecule has 1 aliphatic heterocycles. The van der Waals surface area contributed by atoms with Gasteiger partial charge in [-0.2, -0.15) is 14.9 Å².